The van der Waals surface area contributed by atoms with Gasteiger partial charge in [0.1, 0.15) is 0 Å². The van der Waals surface area contributed by atoms with Gasteiger partial charge < -0.3 is 16.4 Å². The molecule has 0 atom stereocenters. The van der Waals surface area contributed by atoms with Crippen LogP contribution >= 0.6 is 0 Å². The fourth-order valence-corrected chi connectivity index (χ4v) is 1.84. The van der Waals surface area contributed by atoms with E-state index in [0.717, 1.165) is 16.7 Å². The smallest absolute Gasteiger partial charge is 0.335 e. The number of hydrazone groups is 1. The van der Waals surface area contributed by atoms with Crippen molar-refractivity contribution in [2.24, 2.45) is 16.8 Å². The first-order valence-electron chi connectivity index (χ1n) is 9.85. The topological polar surface area (TPSA) is 114 Å². The number of nitrogens with zero attached hydrogens (tertiary/aromatic N) is 1. The summed E-state index contributed by atoms with van der Waals surface area (Å²) in [5, 5.41) is 12.1. The average molecular weight is 415 g/mol. The number of amidine groups is 1. The molecule has 0 aliphatic carbocycles. The number of hydrogen-bond donors (Lipinski definition) is 4. The van der Waals surface area contributed by atoms with E-state index in [4.69, 9.17) is 16.8 Å². The number of rotatable bonds is 2. The molecule has 0 bridgehead atoms. The predicted octanol–water partition coefficient (Wildman–Crippen LogP) is 4.85. The zero-order valence-electron chi connectivity index (χ0n) is 19.6. The van der Waals surface area contributed by atoms with Crippen molar-refractivity contribution in [3.8, 4) is 11.8 Å². The standard InChI is InChI=1S/C8H12N4.C8H8O2.C4H6.2C2H6/c1-6-4-2-3-5-7(6)8(11-9)12-10;1-6-4-2-3-5-7(6)8(9)10;1-3-4-2;2*1-2/h2-5H,9-10H2,1H3,(H,11,12);2-5H,1H3,(H,9,10);1-2H3;2*1-2H3. The summed E-state index contributed by atoms with van der Waals surface area (Å²) in [5.41, 5.74) is 5.61. The molecule has 6 nitrogen and oxygen atoms in total. The number of hydrogen-bond acceptors (Lipinski definition) is 4. The molecule has 30 heavy (non-hydrogen) atoms. The number of carboxylic acid groups (broad SMARTS) is 1. The van der Waals surface area contributed by atoms with Gasteiger partial charge in [-0.25, -0.2) is 10.6 Å². The first-order valence-corrected chi connectivity index (χ1v) is 9.85. The molecule has 2 aromatic rings. The van der Waals surface area contributed by atoms with Gasteiger partial charge in [0, 0.05) is 5.56 Å². The summed E-state index contributed by atoms with van der Waals surface area (Å²) >= 11 is 0. The number of carboxylic acids is 1. The normalized spacial score (nSPS) is 8.50. The summed E-state index contributed by atoms with van der Waals surface area (Å²) in [7, 11) is 0. The Hall–Kier alpha value is -3.30. The molecule has 0 aliphatic heterocycles. The Morgan fingerprint density at radius 3 is 1.47 bits per heavy atom. The molecular weight excluding hydrogens is 376 g/mol. The minimum atomic E-state index is -0.863. The highest BCUT2D eigenvalue weighted by atomic mass is 16.4. The van der Waals surface area contributed by atoms with Gasteiger partial charge in [-0.15, -0.1) is 11.8 Å². The van der Waals surface area contributed by atoms with Gasteiger partial charge in [0.2, 0.25) is 0 Å². The number of aromatic carboxylic acids is 1. The molecular formula is C24H38N4O2. The van der Waals surface area contributed by atoms with Crippen molar-refractivity contribution in [1.29, 1.82) is 0 Å². The largest absolute Gasteiger partial charge is 0.478 e. The van der Waals surface area contributed by atoms with E-state index in [1.54, 1.807) is 25.1 Å². The van der Waals surface area contributed by atoms with Crippen LogP contribution in [-0.4, -0.2) is 16.9 Å². The molecule has 0 saturated carbocycles. The molecule has 6 heteroatoms. The first kappa shape index (κ1) is 31.4. The summed E-state index contributed by atoms with van der Waals surface area (Å²) < 4.78 is 0. The van der Waals surface area contributed by atoms with Crippen molar-refractivity contribution in [2.75, 3.05) is 0 Å². The van der Waals surface area contributed by atoms with Gasteiger partial charge in [0.15, 0.2) is 5.84 Å². The van der Waals surface area contributed by atoms with Gasteiger partial charge in [-0.3, -0.25) is 0 Å². The van der Waals surface area contributed by atoms with E-state index in [2.05, 4.69) is 22.4 Å². The van der Waals surface area contributed by atoms with Gasteiger partial charge in [0.05, 0.1) is 5.56 Å². The molecule has 0 unspecified atom stereocenters. The third kappa shape index (κ3) is 13.8. The Balaban J connectivity index is -0.000000365. The zero-order chi connectivity index (χ0) is 23.9. The first-order chi connectivity index (χ1) is 14.4. The van der Waals surface area contributed by atoms with Crippen LogP contribution in [-0.2, 0) is 0 Å². The molecule has 0 heterocycles. The number of nitrogens with two attached hydrogens (primary N) is 2. The van der Waals surface area contributed by atoms with Gasteiger partial charge in [-0.05, 0) is 44.9 Å². The van der Waals surface area contributed by atoms with E-state index < -0.39 is 5.97 Å². The quantitative estimate of drug-likeness (QED) is 0.184. The lowest BCUT2D eigenvalue weighted by atomic mass is 10.1. The third-order valence-corrected chi connectivity index (χ3v) is 3.29. The third-order valence-electron chi connectivity index (χ3n) is 3.29. The molecule has 0 amide bonds. The number of benzene rings is 2. The summed E-state index contributed by atoms with van der Waals surface area (Å²) in [6.07, 6.45) is 0. The van der Waals surface area contributed by atoms with Crippen molar-refractivity contribution < 1.29 is 9.90 Å². The van der Waals surface area contributed by atoms with Gasteiger partial charge in [-0.1, -0.05) is 70.2 Å². The fraction of sp³-hybridized carbons (Fsp3) is 0.333. The van der Waals surface area contributed by atoms with E-state index in [1.807, 2.05) is 78.8 Å². The molecule has 0 aromatic heterocycles. The van der Waals surface area contributed by atoms with Gasteiger partial charge >= 0.3 is 5.97 Å². The number of nitrogens with one attached hydrogen (secondary N) is 1. The van der Waals surface area contributed by atoms with E-state index in [1.165, 1.54) is 0 Å². The highest BCUT2D eigenvalue weighted by Crippen LogP contribution is 2.06. The van der Waals surface area contributed by atoms with Crippen LogP contribution < -0.4 is 17.1 Å². The second-order valence-corrected chi connectivity index (χ2v) is 5.06. The van der Waals surface area contributed by atoms with Crippen LogP contribution in [0.15, 0.2) is 53.6 Å². The Morgan fingerprint density at radius 2 is 1.23 bits per heavy atom. The summed E-state index contributed by atoms with van der Waals surface area (Å²) in [4.78, 5) is 10.4. The van der Waals surface area contributed by atoms with Crippen molar-refractivity contribution in [1.82, 2.24) is 5.43 Å². The van der Waals surface area contributed by atoms with E-state index in [-0.39, 0.29) is 0 Å². The van der Waals surface area contributed by atoms with Gasteiger partial charge in [0.25, 0.3) is 0 Å². The van der Waals surface area contributed by atoms with Crippen LogP contribution in [0.5, 0.6) is 0 Å². The maximum Gasteiger partial charge on any atom is 0.335 e. The predicted molar refractivity (Wildman–Crippen MR) is 129 cm³/mol. The highest BCUT2D eigenvalue weighted by molar-refractivity contribution is 5.99. The summed E-state index contributed by atoms with van der Waals surface area (Å²) in [6.45, 7) is 15.4. The Morgan fingerprint density at radius 1 is 0.867 bits per heavy atom. The minimum Gasteiger partial charge on any atom is -0.478 e. The minimum absolute atomic E-state index is 0.377. The fourth-order valence-electron chi connectivity index (χ4n) is 1.84. The van der Waals surface area contributed by atoms with Crippen LogP contribution in [0.3, 0.4) is 0 Å². The molecule has 0 spiro atoms. The molecule has 2 aromatic carbocycles. The SMILES string of the molecule is CC.CC.CC#CC.Cc1ccccc1/C(=N/N)NN.Cc1ccccc1C(=O)O. The highest BCUT2D eigenvalue weighted by Gasteiger charge is 2.03. The van der Waals surface area contributed by atoms with Crippen molar-refractivity contribution in [3.05, 3.63) is 70.8 Å². The van der Waals surface area contributed by atoms with Crippen LogP contribution in [0.25, 0.3) is 0 Å². The van der Waals surface area contributed by atoms with Crippen LogP contribution in [0.1, 0.15) is 68.6 Å². The molecule has 0 aliphatic rings. The van der Waals surface area contributed by atoms with Crippen LogP contribution in [0.2, 0.25) is 0 Å². The second kappa shape index (κ2) is 22.0. The Kier molecular flexibility index (Phi) is 23.0. The summed E-state index contributed by atoms with van der Waals surface area (Å²) in [5.74, 6) is 15.3. The maximum absolute atomic E-state index is 10.4. The number of aryl methyl sites for hydroxylation is 2. The molecule has 6 N–H and O–H groups in total. The van der Waals surface area contributed by atoms with E-state index in [0.29, 0.717) is 11.4 Å². The summed E-state index contributed by atoms with van der Waals surface area (Å²) in [6, 6.07) is 14.6. The van der Waals surface area contributed by atoms with Crippen molar-refractivity contribution in [3.63, 3.8) is 0 Å². The lowest BCUT2D eigenvalue weighted by Gasteiger charge is -2.06. The molecule has 2 rings (SSSR count). The molecule has 0 radical (unpaired) electrons. The number of carbonyl (C=O) groups is 1. The zero-order valence-corrected chi connectivity index (χ0v) is 19.6. The van der Waals surface area contributed by atoms with Crippen LogP contribution in [0.4, 0.5) is 0 Å². The van der Waals surface area contributed by atoms with E-state index >= 15 is 0 Å². The average Bonchev–Trinajstić information content (AvgIpc) is 2.79. The Labute approximate surface area is 182 Å². The van der Waals surface area contributed by atoms with Crippen LogP contribution in [0, 0.1) is 25.7 Å². The molecule has 0 fully saturated rings. The monoisotopic (exact) mass is 414 g/mol. The van der Waals surface area contributed by atoms with Crippen molar-refractivity contribution in [2.45, 2.75) is 55.4 Å². The number of hydrazine groups is 1. The van der Waals surface area contributed by atoms with Crippen molar-refractivity contribution >= 4 is 11.8 Å². The second-order valence-electron chi connectivity index (χ2n) is 5.06. The van der Waals surface area contributed by atoms with E-state index in [9.17, 15) is 4.79 Å². The Bertz CT molecular complexity index is 785. The van der Waals surface area contributed by atoms with Gasteiger partial charge in [-0.2, -0.15) is 5.10 Å². The lowest BCUT2D eigenvalue weighted by molar-refractivity contribution is 0.0696. The lowest BCUT2D eigenvalue weighted by Crippen LogP contribution is -2.32. The molecule has 166 valence electrons. The molecule has 0 saturated heterocycles. The maximum atomic E-state index is 10.4.